The molecule has 0 aromatic heterocycles. The topological polar surface area (TPSA) is 86.7 Å². The van der Waals surface area contributed by atoms with Crippen LogP contribution in [0, 0.1) is 35.5 Å². The number of fused-ring (bicyclic) bond motifs is 1. The number of rotatable bonds is 0. The molecule has 0 radical (unpaired) electrons. The lowest BCUT2D eigenvalue weighted by Gasteiger charge is -2.52. The Balaban J connectivity index is 1.79. The van der Waals surface area contributed by atoms with Gasteiger partial charge in [0.25, 0.3) is 0 Å². The van der Waals surface area contributed by atoms with Gasteiger partial charge in [0.05, 0.1) is 17.8 Å². The lowest BCUT2D eigenvalue weighted by Crippen LogP contribution is -2.57. The Kier molecular flexibility index (Phi) is 2.01. The minimum absolute atomic E-state index is 0.101. The summed E-state index contributed by atoms with van der Waals surface area (Å²) in [7, 11) is 0. The van der Waals surface area contributed by atoms with Gasteiger partial charge in [0.1, 0.15) is 0 Å². The van der Waals surface area contributed by atoms with Crippen molar-refractivity contribution in [2.75, 3.05) is 0 Å². The number of ether oxygens (including phenoxy) is 2. The zero-order valence-electron chi connectivity index (χ0n) is 10.0. The van der Waals surface area contributed by atoms with Crippen molar-refractivity contribution in [1.29, 1.82) is 0 Å². The third-order valence-electron chi connectivity index (χ3n) is 5.25. The van der Waals surface area contributed by atoms with Crippen molar-refractivity contribution >= 4 is 23.9 Å². The van der Waals surface area contributed by atoms with Crippen molar-refractivity contribution in [3.05, 3.63) is 0 Å². The van der Waals surface area contributed by atoms with Gasteiger partial charge in [0, 0.05) is 6.42 Å². The summed E-state index contributed by atoms with van der Waals surface area (Å²) in [6.07, 6.45) is 1.66. The lowest BCUT2D eigenvalue weighted by molar-refractivity contribution is -0.187. The van der Waals surface area contributed by atoms with E-state index in [4.69, 9.17) is 9.47 Å². The van der Waals surface area contributed by atoms with Crippen LogP contribution in [0.3, 0.4) is 0 Å². The Bertz CT molecular complexity index is 523. The van der Waals surface area contributed by atoms with E-state index in [9.17, 15) is 19.2 Å². The molecule has 5 aliphatic rings. The Morgan fingerprint density at radius 1 is 0.684 bits per heavy atom. The molecule has 100 valence electrons. The molecule has 0 aromatic carbocycles. The van der Waals surface area contributed by atoms with Crippen molar-refractivity contribution in [3.63, 3.8) is 0 Å². The van der Waals surface area contributed by atoms with Crippen molar-refractivity contribution in [2.24, 2.45) is 35.5 Å². The summed E-state index contributed by atoms with van der Waals surface area (Å²) in [6, 6.07) is 0. The van der Waals surface area contributed by atoms with Gasteiger partial charge in [0.2, 0.25) is 0 Å². The van der Waals surface area contributed by atoms with Crippen LogP contribution in [0.5, 0.6) is 0 Å². The Morgan fingerprint density at radius 2 is 1.26 bits per heavy atom. The van der Waals surface area contributed by atoms with Crippen LogP contribution in [-0.4, -0.2) is 23.9 Å². The summed E-state index contributed by atoms with van der Waals surface area (Å²) in [6.45, 7) is 0. The second-order valence-electron chi connectivity index (χ2n) is 5.88. The third kappa shape index (κ3) is 1.26. The van der Waals surface area contributed by atoms with Crippen LogP contribution in [0.15, 0.2) is 0 Å². The number of hydrogen-bond donors (Lipinski definition) is 0. The maximum absolute atomic E-state index is 11.9. The van der Waals surface area contributed by atoms with E-state index < -0.39 is 41.6 Å². The van der Waals surface area contributed by atoms with E-state index in [0.717, 1.165) is 12.8 Å². The first-order valence-electron chi connectivity index (χ1n) is 6.58. The summed E-state index contributed by atoms with van der Waals surface area (Å²) < 4.78 is 9.45. The Morgan fingerprint density at radius 3 is 2.00 bits per heavy atom. The smallest absolute Gasteiger partial charge is 0.317 e. The predicted molar refractivity (Wildman–Crippen MR) is 57.0 cm³/mol. The van der Waals surface area contributed by atoms with Gasteiger partial charge >= 0.3 is 23.9 Å². The zero-order chi connectivity index (χ0) is 13.3. The van der Waals surface area contributed by atoms with Gasteiger partial charge in [-0.2, -0.15) is 0 Å². The highest BCUT2D eigenvalue weighted by Gasteiger charge is 2.66. The fourth-order valence-corrected chi connectivity index (χ4v) is 4.66. The third-order valence-corrected chi connectivity index (χ3v) is 5.25. The van der Waals surface area contributed by atoms with Gasteiger partial charge in [0.15, 0.2) is 0 Å². The second kappa shape index (κ2) is 3.43. The molecular weight excluding hydrogens is 252 g/mol. The summed E-state index contributed by atoms with van der Waals surface area (Å²) in [4.78, 5) is 46.9. The van der Waals surface area contributed by atoms with Crippen molar-refractivity contribution in [1.82, 2.24) is 0 Å². The standard InChI is InChI=1S/C13H12O6/c14-7-3-6-4-1-2-5(8(6)11(15)18-7)10-9(4)12(16)19-13(10)17/h4-6,8-10H,1-3H2. The Hall–Kier alpha value is -1.72. The van der Waals surface area contributed by atoms with Gasteiger partial charge in [-0.05, 0) is 30.6 Å². The van der Waals surface area contributed by atoms with E-state index in [2.05, 4.69) is 0 Å². The molecule has 19 heavy (non-hydrogen) atoms. The molecule has 0 amide bonds. The highest BCUT2D eigenvalue weighted by Crippen LogP contribution is 2.59. The summed E-state index contributed by atoms with van der Waals surface area (Å²) in [5.74, 6) is -3.88. The largest absolute Gasteiger partial charge is 0.393 e. The predicted octanol–water partition coefficient (Wildman–Crippen LogP) is 0.0479. The van der Waals surface area contributed by atoms with Crippen molar-refractivity contribution < 1.29 is 28.7 Å². The first-order valence-corrected chi connectivity index (χ1v) is 6.58. The zero-order valence-corrected chi connectivity index (χ0v) is 10.0. The van der Waals surface area contributed by atoms with Crippen LogP contribution in [0.2, 0.25) is 0 Å². The van der Waals surface area contributed by atoms with Crippen molar-refractivity contribution in [2.45, 2.75) is 19.3 Å². The van der Waals surface area contributed by atoms with E-state index in [0.29, 0.717) is 0 Å². The van der Waals surface area contributed by atoms with Crippen LogP contribution in [0.4, 0.5) is 0 Å². The van der Waals surface area contributed by atoms with Gasteiger partial charge in [-0.3, -0.25) is 19.2 Å². The van der Waals surface area contributed by atoms with E-state index in [-0.39, 0.29) is 24.2 Å². The molecule has 0 spiro atoms. The average Bonchev–Trinajstić information content (AvgIpc) is 2.66. The van der Waals surface area contributed by atoms with Crippen molar-refractivity contribution in [3.8, 4) is 0 Å². The summed E-state index contributed by atoms with van der Waals surface area (Å²) in [5.41, 5.74) is 0. The fourth-order valence-electron chi connectivity index (χ4n) is 4.66. The number of esters is 4. The van der Waals surface area contributed by atoms with Crippen LogP contribution >= 0.6 is 0 Å². The molecule has 0 aromatic rings. The molecule has 2 bridgehead atoms. The Labute approximate surface area is 108 Å². The highest BCUT2D eigenvalue weighted by molar-refractivity contribution is 5.99. The molecule has 6 unspecified atom stereocenters. The molecule has 3 aliphatic carbocycles. The molecule has 3 saturated carbocycles. The minimum atomic E-state index is -0.526. The van der Waals surface area contributed by atoms with Crippen LogP contribution in [0.25, 0.3) is 0 Å². The first kappa shape index (κ1) is 11.1. The molecule has 6 heteroatoms. The van der Waals surface area contributed by atoms with Gasteiger partial charge in [-0.25, -0.2) is 0 Å². The molecule has 2 saturated heterocycles. The minimum Gasteiger partial charge on any atom is -0.393 e. The highest BCUT2D eigenvalue weighted by atomic mass is 16.6. The van der Waals surface area contributed by atoms with E-state index in [1.54, 1.807) is 0 Å². The first-order chi connectivity index (χ1) is 9.08. The molecule has 5 fully saturated rings. The number of carbonyl (C=O) groups excluding carboxylic acids is 4. The monoisotopic (exact) mass is 264 g/mol. The van der Waals surface area contributed by atoms with E-state index in [1.807, 2.05) is 0 Å². The lowest BCUT2D eigenvalue weighted by atomic mass is 9.49. The SMILES string of the molecule is O=C1CC2C3CCC(C2C(=O)O1)C1C(=O)OC(=O)C31. The maximum Gasteiger partial charge on any atom is 0.317 e. The van der Waals surface area contributed by atoms with Gasteiger partial charge in [-0.15, -0.1) is 0 Å². The molecule has 6 nitrogen and oxygen atoms in total. The molecule has 2 heterocycles. The molecule has 0 N–H and O–H groups in total. The normalized spacial score (nSPS) is 47.6. The fraction of sp³-hybridized carbons (Fsp3) is 0.692. The van der Waals surface area contributed by atoms with Crippen LogP contribution < -0.4 is 0 Å². The average molecular weight is 264 g/mol. The summed E-state index contributed by atoms with van der Waals surface area (Å²) in [5, 5.41) is 0. The maximum atomic E-state index is 11.9. The number of cyclic esters (lactones) is 4. The molecule has 5 rings (SSSR count). The van der Waals surface area contributed by atoms with Gasteiger partial charge < -0.3 is 9.47 Å². The molecule has 2 aliphatic heterocycles. The summed E-state index contributed by atoms with van der Waals surface area (Å²) >= 11 is 0. The molecule has 6 atom stereocenters. The van der Waals surface area contributed by atoms with E-state index in [1.165, 1.54) is 0 Å². The quantitative estimate of drug-likeness (QED) is 0.454. The van der Waals surface area contributed by atoms with Crippen LogP contribution in [-0.2, 0) is 28.7 Å². The number of carbonyl (C=O) groups is 4. The van der Waals surface area contributed by atoms with E-state index >= 15 is 0 Å². The second-order valence-corrected chi connectivity index (χ2v) is 5.88. The number of hydrogen-bond acceptors (Lipinski definition) is 6. The molecular formula is C13H12O6. The van der Waals surface area contributed by atoms with Crippen LogP contribution in [0.1, 0.15) is 19.3 Å². The van der Waals surface area contributed by atoms with Gasteiger partial charge in [-0.1, -0.05) is 0 Å².